The maximum atomic E-state index is 14.5. The van der Waals surface area contributed by atoms with Crippen LogP contribution in [0, 0.1) is 5.82 Å². The second kappa shape index (κ2) is 5.97. The first kappa shape index (κ1) is 14.2. The van der Waals surface area contributed by atoms with Gasteiger partial charge < -0.3 is 9.64 Å². The fraction of sp³-hybridized carbons (Fsp3) is 0.211. The molecule has 4 rings (SSSR count). The molecule has 2 heterocycles. The number of nitrogens with zero attached hydrogens (tertiary/aromatic N) is 2. The summed E-state index contributed by atoms with van der Waals surface area (Å²) in [5.74, 6) is -0.240. The number of hydrogen-bond acceptors (Lipinski definition) is 3. The molecule has 0 unspecified atom stereocenters. The monoisotopic (exact) mass is 308 g/mol. The summed E-state index contributed by atoms with van der Waals surface area (Å²) in [6.07, 6.45) is 1.68. The molecule has 3 nitrogen and oxygen atoms in total. The first-order valence-electron chi connectivity index (χ1n) is 7.79. The Kier molecular flexibility index (Phi) is 3.67. The van der Waals surface area contributed by atoms with E-state index in [2.05, 4.69) is 16.0 Å². The van der Waals surface area contributed by atoms with Gasteiger partial charge in [0.1, 0.15) is 5.82 Å². The highest BCUT2D eigenvalue weighted by Crippen LogP contribution is 2.30. The lowest BCUT2D eigenvalue weighted by Gasteiger charge is -2.29. The summed E-state index contributed by atoms with van der Waals surface area (Å²) < 4.78 is 19.9. The normalized spacial score (nSPS) is 15.1. The van der Waals surface area contributed by atoms with Gasteiger partial charge in [-0.3, -0.25) is 4.98 Å². The van der Waals surface area contributed by atoms with Gasteiger partial charge >= 0.3 is 0 Å². The zero-order valence-corrected chi connectivity index (χ0v) is 12.7. The number of ether oxygens (including phenoxy) is 1. The summed E-state index contributed by atoms with van der Waals surface area (Å²) in [6.45, 7) is 3.21. The largest absolute Gasteiger partial charge is 0.378 e. The minimum absolute atomic E-state index is 0.240. The van der Waals surface area contributed by atoms with Gasteiger partial charge in [-0.25, -0.2) is 4.39 Å². The summed E-state index contributed by atoms with van der Waals surface area (Å²) in [5, 5.41) is 0.945. The van der Waals surface area contributed by atoms with E-state index < -0.39 is 0 Å². The van der Waals surface area contributed by atoms with Crippen molar-refractivity contribution < 1.29 is 9.13 Å². The van der Waals surface area contributed by atoms with Crippen LogP contribution in [0.3, 0.4) is 0 Å². The van der Waals surface area contributed by atoms with Crippen molar-refractivity contribution in [2.75, 3.05) is 31.2 Å². The number of rotatable bonds is 2. The number of aromatic nitrogens is 1. The highest BCUT2D eigenvalue weighted by molar-refractivity contribution is 5.85. The quantitative estimate of drug-likeness (QED) is 0.718. The molecular weight excluding hydrogens is 291 g/mol. The van der Waals surface area contributed by atoms with Gasteiger partial charge in [0.2, 0.25) is 0 Å². The fourth-order valence-electron chi connectivity index (χ4n) is 3.01. The van der Waals surface area contributed by atoms with E-state index in [1.165, 1.54) is 6.07 Å². The molecule has 1 aliphatic rings. The third-order valence-electron chi connectivity index (χ3n) is 4.23. The average molecular weight is 308 g/mol. The minimum Gasteiger partial charge on any atom is -0.378 e. The van der Waals surface area contributed by atoms with Crippen LogP contribution in [0.15, 0.2) is 54.7 Å². The van der Waals surface area contributed by atoms with Crippen molar-refractivity contribution in [2.45, 2.75) is 0 Å². The Morgan fingerprint density at radius 3 is 2.74 bits per heavy atom. The van der Waals surface area contributed by atoms with E-state index in [-0.39, 0.29) is 5.82 Å². The Morgan fingerprint density at radius 2 is 1.87 bits per heavy atom. The van der Waals surface area contributed by atoms with E-state index in [1.807, 2.05) is 36.4 Å². The van der Waals surface area contributed by atoms with Gasteiger partial charge in [0.05, 0.1) is 18.7 Å². The second-order valence-electron chi connectivity index (χ2n) is 5.68. The molecule has 2 aromatic carbocycles. The van der Waals surface area contributed by atoms with Crippen molar-refractivity contribution in [3.63, 3.8) is 0 Å². The molecule has 0 spiro atoms. The van der Waals surface area contributed by atoms with Crippen LogP contribution >= 0.6 is 0 Å². The molecule has 116 valence electrons. The van der Waals surface area contributed by atoms with Gasteiger partial charge in [-0.15, -0.1) is 0 Å². The topological polar surface area (TPSA) is 25.4 Å². The summed E-state index contributed by atoms with van der Waals surface area (Å²) in [5.41, 5.74) is 3.28. The van der Waals surface area contributed by atoms with Crippen molar-refractivity contribution >= 4 is 16.6 Å². The maximum absolute atomic E-state index is 14.5. The van der Waals surface area contributed by atoms with Crippen LogP contribution in [0.1, 0.15) is 0 Å². The zero-order valence-electron chi connectivity index (χ0n) is 12.7. The van der Waals surface area contributed by atoms with Crippen LogP contribution in [0.4, 0.5) is 10.1 Å². The van der Waals surface area contributed by atoms with E-state index in [1.54, 1.807) is 6.20 Å². The number of benzene rings is 2. The molecule has 0 amide bonds. The number of fused-ring (bicyclic) bond motifs is 1. The van der Waals surface area contributed by atoms with Crippen LogP contribution < -0.4 is 4.90 Å². The van der Waals surface area contributed by atoms with E-state index in [4.69, 9.17) is 4.74 Å². The maximum Gasteiger partial charge on any atom is 0.133 e. The second-order valence-corrected chi connectivity index (χ2v) is 5.68. The van der Waals surface area contributed by atoms with Crippen LogP contribution in [-0.2, 0) is 4.74 Å². The first-order chi connectivity index (χ1) is 11.3. The lowest BCUT2D eigenvalue weighted by molar-refractivity contribution is 0.122. The van der Waals surface area contributed by atoms with E-state index in [9.17, 15) is 4.39 Å². The zero-order chi connectivity index (χ0) is 15.6. The fourth-order valence-corrected chi connectivity index (χ4v) is 3.01. The molecule has 0 saturated carbocycles. The minimum atomic E-state index is -0.240. The predicted octanol–water partition coefficient (Wildman–Crippen LogP) is 3.88. The van der Waals surface area contributed by atoms with Crippen molar-refractivity contribution in [3.05, 3.63) is 60.5 Å². The highest BCUT2D eigenvalue weighted by Gasteiger charge is 2.13. The van der Waals surface area contributed by atoms with Gasteiger partial charge in [-0.1, -0.05) is 18.2 Å². The molecule has 1 aromatic heterocycles. The smallest absolute Gasteiger partial charge is 0.133 e. The van der Waals surface area contributed by atoms with Crippen molar-refractivity contribution in [3.8, 4) is 11.1 Å². The molecule has 0 radical (unpaired) electrons. The number of pyridine rings is 1. The third-order valence-corrected chi connectivity index (χ3v) is 4.23. The molecule has 0 bridgehead atoms. The van der Waals surface area contributed by atoms with Crippen LogP contribution in [0.2, 0.25) is 0 Å². The SMILES string of the molecule is Fc1cc2ncccc2cc1-c1cccc(N2CCOCC2)c1. The third kappa shape index (κ3) is 2.78. The standard InChI is InChI=1S/C19H17FN2O/c20-18-13-19-15(4-2-6-21-19)12-17(18)14-3-1-5-16(11-14)22-7-9-23-10-8-22/h1-6,11-13H,7-10H2. The predicted molar refractivity (Wildman–Crippen MR) is 90.2 cm³/mol. The van der Waals surface area contributed by atoms with Crippen LogP contribution in [0.5, 0.6) is 0 Å². The van der Waals surface area contributed by atoms with Crippen LogP contribution in [-0.4, -0.2) is 31.3 Å². The number of morpholine rings is 1. The van der Waals surface area contributed by atoms with E-state index in [0.717, 1.165) is 42.9 Å². The molecule has 0 aliphatic carbocycles. The Labute approximate surface area is 134 Å². The summed E-state index contributed by atoms with van der Waals surface area (Å²) in [7, 11) is 0. The average Bonchev–Trinajstić information content (AvgIpc) is 2.62. The molecule has 3 aromatic rings. The van der Waals surface area contributed by atoms with Crippen molar-refractivity contribution in [2.24, 2.45) is 0 Å². The molecule has 0 N–H and O–H groups in total. The Hall–Kier alpha value is -2.46. The first-order valence-corrected chi connectivity index (χ1v) is 7.79. The van der Waals surface area contributed by atoms with E-state index >= 15 is 0 Å². The Balaban J connectivity index is 1.76. The Morgan fingerprint density at radius 1 is 1.00 bits per heavy atom. The van der Waals surface area contributed by atoms with Gasteiger partial charge in [0, 0.05) is 42.0 Å². The number of hydrogen-bond donors (Lipinski definition) is 0. The van der Waals surface area contributed by atoms with Crippen LogP contribution in [0.25, 0.3) is 22.0 Å². The lowest BCUT2D eigenvalue weighted by Crippen LogP contribution is -2.36. The van der Waals surface area contributed by atoms with Gasteiger partial charge in [0.25, 0.3) is 0 Å². The summed E-state index contributed by atoms with van der Waals surface area (Å²) in [6, 6.07) is 15.2. The Bertz CT molecular complexity index is 844. The number of anilines is 1. The van der Waals surface area contributed by atoms with Gasteiger partial charge in [-0.05, 0) is 29.8 Å². The molecule has 1 aliphatic heterocycles. The van der Waals surface area contributed by atoms with Crippen molar-refractivity contribution in [1.82, 2.24) is 4.98 Å². The van der Waals surface area contributed by atoms with Gasteiger partial charge in [0.15, 0.2) is 0 Å². The molecule has 0 atom stereocenters. The summed E-state index contributed by atoms with van der Waals surface area (Å²) >= 11 is 0. The number of halogens is 1. The lowest BCUT2D eigenvalue weighted by atomic mass is 10.0. The molecular formula is C19H17FN2O. The molecule has 4 heteroatoms. The molecule has 1 fully saturated rings. The van der Waals surface area contributed by atoms with E-state index in [0.29, 0.717) is 11.1 Å². The highest BCUT2D eigenvalue weighted by atomic mass is 19.1. The van der Waals surface area contributed by atoms with Gasteiger partial charge in [-0.2, -0.15) is 0 Å². The molecule has 23 heavy (non-hydrogen) atoms. The summed E-state index contributed by atoms with van der Waals surface area (Å²) in [4.78, 5) is 6.48. The molecule has 1 saturated heterocycles. The van der Waals surface area contributed by atoms with Crippen molar-refractivity contribution in [1.29, 1.82) is 0 Å².